The second-order valence-corrected chi connectivity index (χ2v) is 15.4. The van der Waals surface area contributed by atoms with Crippen molar-refractivity contribution < 1.29 is 0 Å². The van der Waals surface area contributed by atoms with Crippen LogP contribution in [0.5, 0.6) is 0 Å². The molecule has 0 N–H and O–H groups in total. The van der Waals surface area contributed by atoms with Crippen LogP contribution in [-0.4, -0.2) is 19.1 Å². The summed E-state index contributed by atoms with van der Waals surface area (Å²) < 4.78 is 4.86. The van der Waals surface area contributed by atoms with Gasteiger partial charge in [0.25, 0.3) is 0 Å². The first-order chi connectivity index (χ1) is 29.8. The van der Waals surface area contributed by atoms with Gasteiger partial charge in [-0.05, 0) is 71.1 Å². The van der Waals surface area contributed by atoms with E-state index in [9.17, 15) is 0 Å². The van der Waals surface area contributed by atoms with Crippen molar-refractivity contribution in [3.8, 4) is 56.4 Å². The Labute approximate surface area is 346 Å². The fourth-order valence-electron chi connectivity index (χ4n) is 9.19. The van der Waals surface area contributed by atoms with Gasteiger partial charge in [-0.3, -0.25) is 0 Å². The number of rotatable bonds is 6. The number of hydrogen-bond acceptors (Lipinski definition) is 2. The van der Waals surface area contributed by atoms with Crippen molar-refractivity contribution in [2.24, 2.45) is 0 Å². The van der Waals surface area contributed by atoms with Gasteiger partial charge in [0.05, 0.1) is 39.1 Å². The van der Waals surface area contributed by atoms with Crippen molar-refractivity contribution in [2.75, 3.05) is 0 Å². The molecule has 280 valence electrons. The van der Waals surface area contributed by atoms with Crippen molar-refractivity contribution >= 4 is 54.4 Å². The molecule has 4 heteroatoms. The van der Waals surface area contributed by atoms with E-state index >= 15 is 0 Å². The van der Waals surface area contributed by atoms with Gasteiger partial charge in [0.1, 0.15) is 0 Å². The minimum Gasteiger partial charge on any atom is -0.309 e. The van der Waals surface area contributed by atoms with Crippen molar-refractivity contribution in [1.82, 2.24) is 19.1 Å². The highest BCUT2D eigenvalue weighted by molar-refractivity contribution is 6.19. The predicted molar refractivity (Wildman–Crippen MR) is 250 cm³/mol. The Morgan fingerprint density at radius 1 is 0.283 bits per heavy atom. The van der Waals surface area contributed by atoms with Gasteiger partial charge in [0.2, 0.25) is 0 Å². The van der Waals surface area contributed by atoms with Crippen molar-refractivity contribution in [3.63, 3.8) is 0 Å². The maximum atomic E-state index is 5.35. The van der Waals surface area contributed by atoms with E-state index in [1.54, 1.807) is 0 Å². The number of para-hydroxylation sites is 3. The van der Waals surface area contributed by atoms with Crippen molar-refractivity contribution in [2.45, 2.75) is 0 Å². The quantitative estimate of drug-likeness (QED) is 0.169. The first kappa shape index (κ1) is 34.0. The van der Waals surface area contributed by atoms with Crippen LogP contribution in [0.2, 0.25) is 0 Å². The lowest BCUT2D eigenvalue weighted by atomic mass is 9.98. The topological polar surface area (TPSA) is 35.6 Å². The van der Waals surface area contributed by atoms with Crippen LogP contribution in [0.1, 0.15) is 0 Å². The number of benzene rings is 9. The lowest BCUT2D eigenvalue weighted by Gasteiger charge is -2.16. The van der Waals surface area contributed by atoms with Gasteiger partial charge in [0, 0.05) is 49.3 Å². The first-order valence-electron chi connectivity index (χ1n) is 20.4. The molecule has 0 aliphatic carbocycles. The molecule has 12 aromatic rings. The Morgan fingerprint density at radius 3 is 1.50 bits per heavy atom. The molecule has 12 rings (SSSR count). The summed E-state index contributed by atoms with van der Waals surface area (Å²) in [5.41, 5.74) is 14.1. The highest BCUT2D eigenvalue weighted by Crippen LogP contribution is 2.42. The largest absolute Gasteiger partial charge is 0.309 e. The smallest absolute Gasteiger partial charge is 0.160 e. The van der Waals surface area contributed by atoms with Crippen LogP contribution in [0.25, 0.3) is 111 Å². The zero-order valence-electron chi connectivity index (χ0n) is 32.6. The molecule has 4 nitrogen and oxygen atoms in total. The fraction of sp³-hybridized carbons (Fsp3) is 0. The molecule has 0 saturated carbocycles. The van der Waals surface area contributed by atoms with Gasteiger partial charge in [-0.2, -0.15) is 0 Å². The van der Waals surface area contributed by atoms with Crippen LogP contribution in [0.3, 0.4) is 0 Å². The predicted octanol–water partition coefficient (Wildman–Crippen LogP) is 14.5. The number of nitrogens with zero attached hydrogens (tertiary/aromatic N) is 4. The van der Waals surface area contributed by atoms with E-state index in [0.29, 0.717) is 5.82 Å². The minimum absolute atomic E-state index is 0.693. The van der Waals surface area contributed by atoms with E-state index < -0.39 is 0 Å². The summed E-state index contributed by atoms with van der Waals surface area (Å²) in [6.07, 6.45) is 0. The molecule has 3 aromatic heterocycles. The Bertz CT molecular complexity index is 3580. The summed E-state index contributed by atoms with van der Waals surface area (Å²) in [6, 6.07) is 77.9. The van der Waals surface area contributed by atoms with Gasteiger partial charge in [0.15, 0.2) is 5.82 Å². The lowest BCUT2D eigenvalue weighted by Crippen LogP contribution is -1.99. The summed E-state index contributed by atoms with van der Waals surface area (Å²) in [7, 11) is 0. The molecular formula is C56H36N4. The average Bonchev–Trinajstić information content (AvgIpc) is 3.83. The van der Waals surface area contributed by atoms with E-state index in [4.69, 9.17) is 9.97 Å². The molecule has 0 bridgehead atoms. The zero-order chi connectivity index (χ0) is 39.6. The van der Waals surface area contributed by atoms with Gasteiger partial charge in [-0.1, -0.05) is 164 Å². The van der Waals surface area contributed by atoms with E-state index in [-0.39, 0.29) is 0 Å². The highest BCUT2D eigenvalue weighted by Gasteiger charge is 2.21. The summed E-state index contributed by atoms with van der Waals surface area (Å²) >= 11 is 0. The number of fused-ring (bicyclic) bond motifs is 7. The molecule has 0 aliphatic rings. The summed E-state index contributed by atoms with van der Waals surface area (Å²) in [4.78, 5) is 10.5. The van der Waals surface area contributed by atoms with Crippen LogP contribution in [0, 0.1) is 0 Å². The maximum absolute atomic E-state index is 5.35. The van der Waals surface area contributed by atoms with Crippen LogP contribution in [0.4, 0.5) is 0 Å². The fourth-order valence-corrected chi connectivity index (χ4v) is 9.19. The Hall–Kier alpha value is -8.08. The third-order valence-corrected chi connectivity index (χ3v) is 11.9. The van der Waals surface area contributed by atoms with Gasteiger partial charge in [-0.25, -0.2) is 9.97 Å². The summed E-state index contributed by atoms with van der Waals surface area (Å²) in [5, 5.41) is 7.18. The monoisotopic (exact) mass is 764 g/mol. The molecule has 0 aliphatic heterocycles. The van der Waals surface area contributed by atoms with Crippen molar-refractivity contribution in [1.29, 1.82) is 0 Å². The molecule has 0 spiro atoms. The second-order valence-electron chi connectivity index (χ2n) is 15.4. The van der Waals surface area contributed by atoms with Crippen LogP contribution in [-0.2, 0) is 0 Å². The molecule has 0 fully saturated rings. The summed E-state index contributed by atoms with van der Waals surface area (Å²) in [5.74, 6) is 0.693. The molecule has 0 amide bonds. The molecule has 3 heterocycles. The van der Waals surface area contributed by atoms with Gasteiger partial charge in [-0.15, -0.1) is 0 Å². The highest BCUT2D eigenvalue weighted by atomic mass is 15.0. The molecular weight excluding hydrogens is 729 g/mol. The standard InChI is InChI=1S/C56H36N4/c1-4-17-37(18-5-1)39-21-16-22-40(33-39)56-57-49(38-19-6-2-7-20-38)36-50(58-56)43-31-32-53(44-26-11-10-25-42(43)44)60-52-30-15-13-28-46(52)48-34-54-47(35-55(48)60)45-27-12-14-29-51(45)59(54)41-23-8-3-9-24-41/h1-36H. The third kappa shape index (κ3) is 5.46. The minimum atomic E-state index is 0.693. The molecule has 0 saturated heterocycles. The van der Waals surface area contributed by atoms with E-state index in [0.717, 1.165) is 61.4 Å². The zero-order valence-corrected chi connectivity index (χ0v) is 32.6. The number of hydrogen-bond donors (Lipinski definition) is 0. The van der Waals surface area contributed by atoms with E-state index in [1.165, 1.54) is 43.6 Å². The Balaban J connectivity index is 1.09. The molecule has 60 heavy (non-hydrogen) atoms. The summed E-state index contributed by atoms with van der Waals surface area (Å²) in [6.45, 7) is 0. The first-order valence-corrected chi connectivity index (χ1v) is 20.4. The lowest BCUT2D eigenvalue weighted by molar-refractivity contribution is 1.18. The average molecular weight is 765 g/mol. The number of aromatic nitrogens is 4. The van der Waals surface area contributed by atoms with Gasteiger partial charge < -0.3 is 9.13 Å². The molecule has 0 atom stereocenters. The van der Waals surface area contributed by atoms with Crippen LogP contribution < -0.4 is 0 Å². The Morgan fingerprint density at radius 2 is 0.800 bits per heavy atom. The van der Waals surface area contributed by atoms with Gasteiger partial charge >= 0.3 is 0 Å². The Kier molecular flexibility index (Phi) is 7.82. The molecule has 0 unspecified atom stereocenters. The third-order valence-electron chi connectivity index (χ3n) is 11.9. The van der Waals surface area contributed by atoms with Crippen LogP contribution in [0.15, 0.2) is 218 Å². The molecule has 9 aromatic carbocycles. The maximum Gasteiger partial charge on any atom is 0.160 e. The SMILES string of the molecule is c1ccc(-c2cccc(-c3nc(-c4ccccc4)cc(-c4ccc(-n5c6ccccc6c6cc7c(cc65)c5ccccc5n7-c5ccccc5)c5ccccc45)n3)c2)cc1. The van der Waals surface area contributed by atoms with E-state index in [1.807, 2.05) is 12.1 Å². The normalized spacial score (nSPS) is 11.7. The van der Waals surface area contributed by atoms with E-state index in [2.05, 4.69) is 215 Å². The van der Waals surface area contributed by atoms with Crippen LogP contribution >= 0.6 is 0 Å². The second kappa shape index (κ2) is 13.8. The van der Waals surface area contributed by atoms with Crippen molar-refractivity contribution in [3.05, 3.63) is 218 Å². The molecule has 0 radical (unpaired) electrons.